The molecule has 4 heterocycles. The fourth-order valence-electron chi connectivity index (χ4n) is 3.92. The van der Waals surface area contributed by atoms with E-state index in [1.54, 1.807) is 31.6 Å². The van der Waals surface area contributed by atoms with Gasteiger partial charge >= 0.3 is 5.91 Å². The topological polar surface area (TPSA) is 113 Å². The van der Waals surface area contributed by atoms with Crippen LogP contribution < -0.4 is 25.2 Å². The number of amides is 2. The summed E-state index contributed by atoms with van der Waals surface area (Å²) in [4.78, 5) is 37.5. The van der Waals surface area contributed by atoms with Gasteiger partial charge in [-0.1, -0.05) is 6.07 Å². The third kappa shape index (κ3) is 3.65. The lowest BCUT2D eigenvalue weighted by Crippen LogP contribution is -2.43. The highest BCUT2D eigenvalue weighted by Crippen LogP contribution is 2.31. The van der Waals surface area contributed by atoms with E-state index in [-0.39, 0.29) is 17.7 Å². The van der Waals surface area contributed by atoms with Gasteiger partial charge in [0.1, 0.15) is 5.75 Å². The van der Waals surface area contributed by atoms with Crippen molar-refractivity contribution in [3.05, 3.63) is 59.9 Å². The predicted octanol–water partition coefficient (Wildman–Crippen LogP) is 1.90. The molecule has 0 aliphatic carbocycles. The highest BCUT2D eigenvalue weighted by molar-refractivity contribution is 6.10. The maximum absolute atomic E-state index is 12.8. The van der Waals surface area contributed by atoms with Crippen LogP contribution in [-0.2, 0) is 6.54 Å². The molecule has 10 heteroatoms. The number of rotatable bonds is 5. The Balaban J connectivity index is 1.33. The number of methoxy groups -OCH3 is 1. The summed E-state index contributed by atoms with van der Waals surface area (Å²) in [5.74, 6) is -0.0460. The third-order valence-electron chi connectivity index (χ3n) is 5.58. The largest absolute Gasteiger partial charge is 0.497 e. The highest BCUT2D eigenvalue weighted by Gasteiger charge is 2.32. The summed E-state index contributed by atoms with van der Waals surface area (Å²) in [6.07, 6.45) is 4.69. The normalized spacial score (nSPS) is 15.6. The molecule has 0 spiro atoms. The Bertz CT molecular complexity index is 1170. The summed E-state index contributed by atoms with van der Waals surface area (Å²) in [5, 5.41) is 6.14. The second-order valence-electron chi connectivity index (χ2n) is 7.50. The molecule has 2 N–H and O–H groups in total. The first-order valence-corrected chi connectivity index (χ1v) is 10.3. The van der Waals surface area contributed by atoms with E-state index < -0.39 is 5.91 Å². The van der Waals surface area contributed by atoms with Gasteiger partial charge in [0, 0.05) is 37.9 Å². The summed E-state index contributed by atoms with van der Waals surface area (Å²) in [6.45, 7) is 3.74. The standard InChI is InChI=1S/C22H22N6O4/c1-31-15-3-2-14-13-28(22(30)16(14)10-15)19-12-25-21(32-19)20(29)26-17-11-24-5-4-18(17)27-8-6-23-7-9-27/h2-5,10-12,23H,6-9,13H2,1H3,(H,26,29). The van der Waals surface area contributed by atoms with Crippen LogP contribution in [0.3, 0.4) is 0 Å². The van der Waals surface area contributed by atoms with E-state index in [1.807, 2.05) is 12.1 Å². The molecule has 0 bridgehead atoms. The molecule has 164 valence electrons. The zero-order valence-electron chi connectivity index (χ0n) is 17.5. The molecule has 2 amide bonds. The molecule has 3 aromatic rings. The minimum atomic E-state index is -0.508. The van der Waals surface area contributed by atoms with Gasteiger partial charge in [0.25, 0.3) is 11.8 Å². The van der Waals surface area contributed by atoms with Crippen LogP contribution >= 0.6 is 0 Å². The molecule has 10 nitrogen and oxygen atoms in total. The molecule has 0 unspecified atom stereocenters. The number of pyridine rings is 1. The van der Waals surface area contributed by atoms with Crippen molar-refractivity contribution in [2.24, 2.45) is 0 Å². The average Bonchev–Trinajstić information content (AvgIpc) is 3.45. The number of nitrogens with zero attached hydrogens (tertiary/aromatic N) is 4. The molecule has 5 rings (SSSR count). The van der Waals surface area contributed by atoms with Gasteiger partial charge in [0.05, 0.1) is 37.4 Å². The molecule has 0 saturated carbocycles. The molecule has 1 saturated heterocycles. The van der Waals surface area contributed by atoms with E-state index in [0.717, 1.165) is 37.4 Å². The zero-order chi connectivity index (χ0) is 22.1. The summed E-state index contributed by atoms with van der Waals surface area (Å²) < 4.78 is 10.9. The van der Waals surface area contributed by atoms with Gasteiger partial charge in [0.2, 0.25) is 5.88 Å². The van der Waals surface area contributed by atoms with E-state index >= 15 is 0 Å². The number of nitrogens with one attached hydrogen (secondary N) is 2. The summed E-state index contributed by atoms with van der Waals surface area (Å²) >= 11 is 0. The number of piperazine rings is 1. The quantitative estimate of drug-likeness (QED) is 0.626. The minimum absolute atomic E-state index is 0.128. The van der Waals surface area contributed by atoms with Crippen molar-refractivity contribution in [3.8, 4) is 5.75 Å². The van der Waals surface area contributed by atoms with E-state index in [2.05, 4.69) is 25.5 Å². The molecule has 32 heavy (non-hydrogen) atoms. The first-order chi connectivity index (χ1) is 15.6. The number of carbonyl (C=O) groups excluding carboxylic acids is 2. The number of aromatic nitrogens is 2. The van der Waals surface area contributed by atoms with Gasteiger partial charge in [0.15, 0.2) is 0 Å². The highest BCUT2D eigenvalue weighted by atomic mass is 16.5. The maximum Gasteiger partial charge on any atom is 0.311 e. The van der Waals surface area contributed by atoms with Crippen LogP contribution in [0.2, 0.25) is 0 Å². The van der Waals surface area contributed by atoms with Crippen molar-refractivity contribution < 1.29 is 18.7 Å². The number of carbonyl (C=O) groups is 2. The summed E-state index contributed by atoms with van der Waals surface area (Å²) in [5.41, 5.74) is 2.87. The fraction of sp³-hybridized carbons (Fsp3) is 0.273. The van der Waals surface area contributed by atoms with Crippen molar-refractivity contribution >= 4 is 29.1 Å². The number of hydrogen-bond donors (Lipinski definition) is 2. The number of anilines is 3. The lowest BCUT2D eigenvalue weighted by molar-refractivity contribution is 0.0972. The smallest absolute Gasteiger partial charge is 0.311 e. The molecule has 0 radical (unpaired) electrons. The first-order valence-electron chi connectivity index (χ1n) is 10.3. The van der Waals surface area contributed by atoms with Crippen LogP contribution in [0, 0.1) is 0 Å². The van der Waals surface area contributed by atoms with Gasteiger partial charge in [-0.3, -0.25) is 19.5 Å². The van der Waals surface area contributed by atoms with Crippen LogP contribution in [0.15, 0.2) is 47.3 Å². The monoisotopic (exact) mass is 434 g/mol. The molecule has 2 aliphatic heterocycles. The van der Waals surface area contributed by atoms with Crippen LogP contribution in [0.1, 0.15) is 26.6 Å². The van der Waals surface area contributed by atoms with Crippen molar-refractivity contribution in [3.63, 3.8) is 0 Å². The van der Waals surface area contributed by atoms with Crippen molar-refractivity contribution in [2.75, 3.05) is 48.4 Å². The van der Waals surface area contributed by atoms with Gasteiger partial charge < -0.3 is 24.7 Å². The Morgan fingerprint density at radius 2 is 2.06 bits per heavy atom. The summed E-state index contributed by atoms with van der Waals surface area (Å²) in [7, 11) is 1.55. The SMILES string of the molecule is COc1ccc2c(c1)C(=O)N(c1cnc(C(=O)Nc3cnccc3N3CCNCC3)o1)C2. The fourth-order valence-corrected chi connectivity index (χ4v) is 3.92. The number of oxazole rings is 1. The van der Waals surface area contributed by atoms with Crippen LogP contribution in [0.4, 0.5) is 17.3 Å². The van der Waals surface area contributed by atoms with E-state index in [4.69, 9.17) is 9.15 Å². The molecule has 2 aliphatic rings. The third-order valence-corrected chi connectivity index (χ3v) is 5.58. The lowest BCUT2D eigenvalue weighted by atomic mass is 10.1. The number of fused-ring (bicyclic) bond motifs is 1. The molecular weight excluding hydrogens is 412 g/mol. The van der Waals surface area contributed by atoms with Gasteiger partial charge in [-0.05, 0) is 23.8 Å². The van der Waals surface area contributed by atoms with Crippen LogP contribution in [-0.4, -0.2) is 55.1 Å². The number of ether oxygens (including phenoxy) is 1. The number of benzene rings is 1. The lowest BCUT2D eigenvalue weighted by Gasteiger charge is -2.30. The minimum Gasteiger partial charge on any atom is -0.497 e. The first kappa shape index (κ1) is 20.0. The summed E-state index contributed by atoms with van der Waals surface area (Å²) in [6, 6.07) is 7.22. The van der Waals surface area contributed by atoms with Gasteiger partial charge in [-0.25, -0.2) is 4.98 Å². The van der Waals surface area contributed by atoms with E-state index in [9.17, 15) is 9.59 Å². The molecule has 1 aromatic carbocycles. The maximum atomic E-state index is 12.8. The van der Waals surface area contributed by atoms with Crippen molar-refractivity contribution in [1.82, 2.24) is 15.3 Å². The van der Waals surface area contributed by atoms with Crippen LogP contribution in [0.25, 0.3) is 0 Å². The van der Waals surface area contributed by atoms with Crippen molar-refractivity contribution in [2.45, 2.75) is 6.54 Å². The van der Waals surface area contributed by atoms with E-state index in [1.165, 1.54) is 11.1 Å². The Morgan fingerprint density at radius 3 is 2.88 bits per heavy atom. The molecule has 1 fully saturated rings. The van der Waals surface area contributed by atoms with E-state index in [0.29, 0.717) is 23.5 Å². The van der Waals surface area contributed by atoms with Crippen molar-refractivity contribution in [1.29, 1.82) is 0 Å². The van der Waals surface area contributed by atoms with Gasteiger partial charge in [-0.15, -0.1) is 0 Å². The van der Waals surface area contributed by atoms with Gasteiger partial charge in [-0.2, -0.15) is 0 Å². The van der Waals surface area contributed by atoms with Crippen LogP contribution in [0.5, 0.6) is 5.75 Å². The Hall–Kier alpha value is -3.92. The number of hydrogen-bond acceptors (Lipinski definition) is 8. The second-order valence-corrected chi connectivity index (χ2v) is 7.50. The molecule has 0 atom stereocenters. The Labute approximate surface area is 184 Å². The molecule has 2 aromatic heterocycles. The predicted molar refractivity (Wildman–Crippen MR) is 117 cm³/mol. The zero-order valence-corrected chi connectivity index (χ0v) is 17.5. The molecular formula is C22H22N6O4. The average molecular weight is 434 g/mol. The Kier molecular flexibility index (Phi) is 5.20. The second kappa shape index (κ2) is 8.31. The Morgan fingerprint density at radius 1 is 1.22 bits per heavy atom.